The number of anilines is 2. The van der Waals surface area contributed by atoms with Gasteiger partial charge in [-0.3, -0.25) is 9.48 Å². The summed E-state index contributed by atoms with van der Waals surface area (Å²) in [6.07, 6.45) is -4.55. The van der Waals surface area contributed by atoms with Gasteiger partial charge < -0.3 is 11.1 Å². The summed E-state index contributed by atoms with van der Waals surface area (Å²) in [4.78, 5) is 16.8. The van der Waals surface area contributed by atoms with Gasteiger partial charge in [-0.1, -0.05) is 0 Å². The molecule has 0 unspecified atom stereocenters. The Morgan fingerprint density at radius 3 is 2.70 bits per heavy atom. The Balaban J connectivity index is 1.61. The highest BCUT2D eigenvalue weighted by Gasteiger charge is 2.35. The lowest BCUT2D eigenvalue weighted by Crippen LogP contribution is -2.12. The molecule has 154 valence electrons. The normalized spacial score (nSPS) is 11.7. The molecular weight excluding hydrogens is 415 g/mol. The summed E-state index contributed by atoms with van der Waals surface area (Å²) < 4.78 is 41.3. The van der Waals surface area contributed by atoms with E-state index in [0.29, 0.717) is 11.3 Å². The van der Waals surface area contributed by atoms with Gasteiger partial charge in [0, 0.05) is 29.0 Å². The van der Waals surface area contributed by atoms with Gasteiger partial charge in [0.1, 0.15) is 0 Å². The summed E-state index contributed by atoms with van der Waals surface area (Å²) >= 11 is 1.50. The van der Waals surface area contributed by atoms with E-state index in [2.05, 4.69) is 15.4 Å². The summed E-state index contributed by atoms with van der Waals surface area (Å²) in [5.41, 5.74) is 9.25. The first-order valence-corrected chi connectivity index (χ1v) is 9.83. The number of carbonyl (C=O) groups excluding carboxylic acids is 1. The minimum absolute atomic E-state index is 0.181. The molecule has 2 heterocycles. The zero-order valence-electron chi connectivity index (χ0n) is 15.7. The molecule has 0 radical (unpaired) electrons. The van der Waals surface area contributed by atoms with Crippen LogP contribution in [0.5, 0.6) is 0 Å². The number of amides is 1. The second kappa shape index (κ2) is 7.45. The smallest absolute Gasteiger partial charge is 0.398 e. The Hall–Kier alpha value is -3.40. The number of rotatable bonds is 4. The minimum Gasteiger partial charge on any atom is -0.398 e. The molecule has 0 aliphatic rings. The largest absolute Gasteiger partial charge is 0.435 e. The van der Waals surface area contributed by atoms with Crippen molar-refractivity contribution in [3.63, 3.8) is 0 Å². The summed E-state index contributed by atoms with van der Waals surface area (Å²) in [5.74, 6) is -0.386. The van der Waals surface area contributed by atoms with Gasteiger partial charge in [-0.2, -0.15) is 18.3 Å². The number of nitrogen functional groups attached to an aromatic ring is 1. The zero-order chi connectivity index (χ0) is 21.5. The third kappa shape index (κ3) is 3.73. The molecule has 4 rings (SSSR count). The molecule has 0 aliphatic heterocycles. The monoisotopic (exact) mass is 431 g/mol. The summed E-state index contributed by atoms with van der Waals surface area (Å²) in [6.45, 7) is 1.93. The molecule has 6 nitrogen and oxygen atoms in total. The highest BCUT2D eigenvalue weighted by molar-refractivity contribution is 7.16. The average Bonchev–Trinajstić information content (AvgIpc) is 3.34. The Morgan fingerprint density at radius 1 is 1.20 bits per heavy atom. The molecule has 30 heavy (non-hydrogen) atoms. The number of nitrogens with one attached hydrogen (secondary N) is 1. The number of thiazole rings is 1. The van der Waals surface area contributed by atoms with Crippen LogP contribution >= 0.6 is 11.3 Å². The van der Waals surface area contributed by atoms with Crippen LogP contribution in [0.3, 0.4) is 0 Å². The van der Waals surface area contributed by atoms with E-state index in [1.807, 2.05) is 6.07 Å². The van der Waals surface area contributed by atoms with Crippen molar-refractivity contribution in [2.45, 2.75) is 19.6 Å². The summed E-state index contributed by atoms with van der Waals surface area (Å²) in [5, 5.41) is 6.38. The topological polar surface area (TPSA) is 85.8 Å². The van der Waals surface area contributed by atoms with Crippen LogP contribution in [0.25, 0.3) is 21.5 Å². The van der Waals surface area contributed by atoms with E-state index in [0.717, 1.165) is 16.3 Å². The Labute approximate surface area is 173 Å². The average molecular weight is 431 g/mol. The zero-order valence-corrected chi connectivity index (χ0v) is 16.5. The van der Waals surface area contributed by atoms with Crippen molar-refractivity contribution < 1.29 is 18.0 Å². The highest BCUT2D eigenvalue weighted by Crippen LogP contribution is 2.34. The van der Waals surface area contributed by atoms with Crippen molar-refractivity contribution in [1.29, 1.82) is 0 Å². The quantitative estimate of drug-likeness (QED) is 0.444. The highest BCUT2D eigenvalue weighted by atomic mass is 32.1. The van der Waals surface area contributed by atoms with E-state index in [1.54, 1.807) is 24.6 Å². The van der Waals surface area contributed by atoms with E-state index in [9.17, 15) is 18.0 Å². The van der Waals surface area contributed by atoms with Crippen LogP contribution in [0.4, 0.5) is 24.5 Å². The second-order valence-corrected chi connectivity index (χ2v) is 7.41. The first-order valence-electron chi connectivity index (χ1n) is 8.96. The number of carbonyl (C=O) groups is 1. The number of halogens is 3. The van der Waals surface area contributed by atoms with Crippen LogP contribution in [0.2, 0.25) is 0 Å². The van der Waals surface area contributed by atoms with Gasteiger partial charge in [-0.05, 0) is 49.4 Å². The lowest BCUT2D eigenvalue weighted by molar-refractivity contribution is -0.141. The fourth-order valence-electron chi connectivity index (χ4n) is 3.09. The van der Waals surface area contributed by atoms with Crippen LogP contribution in [0.1, 0.15) is 23.0 Å². The summed E-state index contributed by atoms with van der Waals surface area (Å²) in [7, 11) is 0. The van der Waals surface area contributed by atoms with Gasteiger partial charge in [0.25, 0.3) is 5.91 Å². The SMILES string of the molecule is CCn1nc(C(F)(F)F)cc1-c1ccc(C(=O)Nc2ccc3scnc3c2)cc1N. The third-order valence-electron chi connectivity index (χ3n) is 4.55. The fraction of sp³-hybridized carbons (Fsp3) is 0.150. The predicted molar refractivity (Wildman–Crippen MR) is 110 cm³/mol. The number of nitrogens with two attached hydrogens (primary N) is 1. The molecule has 4 aromatic rings. The lowest BCUT2D eigenvalue weighted by Gasteiger charge is -2.10. The van der Waals surface area contributed by atoms with Crippen molar-refractivity contribution >= 4 is 38.8 Å². The maximum Gasteiger partial charge on any atom is 0.435 e. The van der Waals surface area contributed by atoms with Gasteiger partial charge in [0.15, 0.2) is 5.69 Å². The molecule has 0 fully saturated rings. The molecule has 0 spiro atoms. The maximum atomic E-state index is 13.0. The number of benzene rings is 2. The Kier molecular flexibility index (Phi) is 4.94. The van der Waals surface area contributed by atoms with Crippen LogP contribution in [-0.4, -0.2) is 20.7 Å². The van der Waals surface area contributed by atoms with Gasteiger partial charge in [0.05, 0.1) is 21.4 Å². The van der Waals surface area contributed by atoms with Crippen molar-refractivity contribution in [2.24, 2.45) is 0 Å². The van der Waals surface area contributed by atoms with E-state index in [4.69, 9.17) is 5.73 Å². The molecule has 0 saturated carbocycles. The van der Waals surface area contributed by atoms with Crippen molar-refractivity contribution in [2.75, 3.05) is 11.1 Å². The first kappa shape index (κ1) is 19.9. The van der Waals surface area contributed by atoms with Gasteiger partial charge in [0.2, 0.25) is 0 Å². The number of hydrogen-bond acceptors (Lipinski definition) is 5. The molecule has 2 aromatic carbocycles. The molecule has 0 saturated heterocycles. The lowest BCUT2D eigenvalue weighted by atomic mass is 10.1. The molecule has 3 N–H and O–H groups in total. The van der Waals surface area contributed by atoms with Crippen LogP contribution in [0.15, 0.2) is 48.0 Å². The molecule has 0 atom stereocenters. The van der Waals surface area contributed by atoms with Gasteiger partial charge in [-0.25, -0.2) is 4.98 Å². The number of aromatic nitrogens is 3. The maximum absolute atomic E-state index is 13.0. The number of aryl methyl sites for hydroxylation is 1. The van der Waals surface area contributed by atoms with Crippen LogP contribution in [-0.2, 0) is 12.7 Å². The molecule has 2 aromatic heterocycles. The summed E-state index contributed by atoms with van der Waals surface area (Å²) in [6, 6.07) is 10.8. The Bertz CT molecular complexity index is 1240. The van der Waals surface area contributed by atoms with E-state index >= 15 is 0 Å². The van der Waals surface area contributed by atoms with Gasteiger partial charge in [-0.15, -0.1) is 11.3 Å². The second-order valence-electron chi connectivity index (χ2n) is 6.52. The molecule has 10 heteroatoms. The van der Waals surface area contributed by atoms with E-state index in [-0.39, 0.29) is 29.4 Å². The molecule has 0 aliphatic carbocycles. The fourth-order valence-corrected chi connectivity index (χ4v) is 3.75. The van der Waals surface area contributed by atoms with Crippen molar-refractivity contribution in [3.8, 4) is 11.3 Å². The first-order chi connectivity index (χ1) is 14.3. The third-order valence-corrected chi connectivity index (χ3v) is 5.36. The number of alkyl halides is 3. The minimum atomic E-state index is -4.55. The van der Waals surface area contributed by atoms with E-state index < -0.39 is 11.9 Å². The standard InChI is InChI=1S/C20H16F3N5OS/c1-2-28-16(9-18(27-28)20(21,22)23)13-5-3-11(7-14(13)24)19(29)26-12-4-6-17-15(8-12)25-10-30-17/h3-10H,2,24H2,1H3,(H,26,29). The van der Waals surface area contributed by atoms with Crippen molar-refractivity contribution in [1.82, 2.24) is 14.8 Å². The Morgan fingerprint density at radius 2 is 2.00 bits per heavy atom. The van der Waals surface area contributed by atoms with E-state index in [1.165, 1.54) is 34.2 Å². The molecule has 0 bridgehead atoms. The molecule has 1 amide bonds. The number of hydrogen-bond donors (Lipinski definition) is 2. The van der Waals surface area contributed by atoms with Crippen LogP contribution < -0.4 is 11.1 Å². The predicted octanol–water partition coefficient (Wildman–Crippen LogP) is 5.03. The van der Waals surface area contributed by atoms with Crippen LogP contribution in [0, 0.1) is 0 Å². The molecular formula is C20H16F3N5OS. The van der Waals surface area contributed by atoms with Crippen molar-refractivity contribution in [3.05, 3.63) is 59.2 Å². The van der Waals surface area contributed by atoms with Gasteiger partial charge >= 0.3 is 6.18 Å². The number of nitrogens with zero attached hydrogens (tertiary/aromatic N) is 3. The number of fused-ring (bicyclic) bond motifs is 1.